The first-order valence-electron chi connectivity index (χ1n) is 11.3. The van der Waals surface area contributed by atoms with Gasteiger partial charge in [-0.1, -0.05) is 28.4 Å². The van der Waals surface area contributed by atoms with Crippen molar-refractivity contribution in [1.29, 1.82) is 0 Å². The summed E-state index contributed by atoms with van der Waals surface area (Å²) >= 11 is 12.7. The van der Waals surface area contributed by atoms with Gasteiger partial charge in [-0.15, -0.1) is 0 Å². The van der Waals surface area contributed by atoms with E-state index in [0.29, 0.717) is 51.5 Å². The fraction of sp³-hybridized carbons (Fsp3) is 0.440. The molecule has 4 rings (SSSR count). The van der Waals surface area contributed by atoms with Gasteiger partial charge < -0.3 is 18.7 Å². The van der Waals surface area contributed by atoms with Crippen molar-refractivity contribution in [3.63, 3.8) is 0 Å². The minimum Gasteiger partial charge on any atom is -0.490 e. The van der Waals surface area contributed by atoms with Gasteiger partial charge in [-0.3, -0.25) is 4.79 Å². The van der Waals surface area contributed by atoms with Gasteiger partial charge in [0.25, 0.3) is 5.89 Å². The van der Waals surface area contributed by atoms with Crippen LogP contribution in [0.15, 0.2) is 35.0 Å². The molecule has 0 aliphatic heterocycles. The molecule has 0 saturated heterocycles. The zero-order chi connectivity index (χ0) is 25.3. The Morgan fingerprint density at radius 2 is 1.89 bits per heavy atom. The number of carbonyl (C=O) groups excluding carboxylic acids is 1. The molecule has 1 saturated carbocycles. The molecule has 8 nitrogen and oxygen atoms in total. The minimum absolute atomic E-state index is 0.0503. The monoisotopic (exact) mass is 519 g/mol. The van der Waals surface area contributed by atoms with Crippen LogP contribution < -0.4 is 9.47 Å². The average Bonchev–Trinajstić information content (AvgIpc) is 3.20. The SMILES string of the molecule is CC(C)Oc1ncc(-c2nc(-c3ccc(O[C@H]4C[C@H](C(=O)OC(C)(C)C)C4)cc3Cl)no2)cc1Cl. The number of halogens is 2. The molecule has 3 aromatic rings. The highest BCUT2D eigenvalue weighted by atomic mass is 35.5. The molecule has 2 aromatic heterocycles. The first-order chi connectivity index (χ1) is 16.5. The topological polar surface area (TPSA) is 96.6 Å². The maximum absolute atomic E-state index is 12.1. The lowest BCUT2D eigenvalue weighted by atomic mass is 9.82. The highest BCUT2D eigenvalue weighted by Gasteiger charge is 2.38. The molecule has 10 heteroatoms. The second-order valence-corrected chi connectivity index (χ2v) is 10.5. The summed E-state index contributed by atoms with van der Waals surface area (Å²) in [5.41, 5.74) is 0.661. The van der Waals surface area contributed by atoms with Crippen molar-refractivity contribution in [2.24, 2.45) is 5.92 Å². The number of ether oxygens (including phenoxy) is 3. The third kappa shape index (κ3) is 6.24. The molecule has 0 atom stereocenters. The van der Waals surface area contributed by atoms with E-state index in [1.807, 2.05) is 34.6 Å². The van der Waals surface area contributed by atoms with E-state index in [-0.39, 0.29) is 30.0 Å². The average molecular weight is 520 g/mol. The van der Waals surface area contributed by atoms with Crippen molar-refractivity contribution < 1.29 is 23.5 Å². The lowest BCUT2D eigenvalue weighted by molar-refractivity contribution is -0.166. The summed E-state index contributed by atoms with van der Waals surface area (Å²) in [5.74, 6) is 1.20. The number of hydrogen-bond donors (Lipinski definition) is 0. The standard InChI is InChI=1S/C25H27Cl2N3O5/c1-13(2)32-23-20(27)10-15(12-28-23)22-29-21(30-35-22)18-7-6-16(11-19(18)26)33-17-8-14(9-17)24(31)34-25(3,4)5/h6-7,10-14,17H,8-9H2,1-5H3/t14-,17-. The van der Waals surface area contributed by atoms with Gasteiger partial charge in [0, 0.05) is 11.8 Å². The molecule has 0 bridgehead atoms. The van der Waals surface area contributed by atoms with E-state index >= 15 is 0 Å². The van der Waals surface area contributed by atoms with E-state index < -0.39 is 5.60 Å². The van der Waals surface area contributed by atoms with Crippen LogP contribution in [-0.4, -0.2) is 38.9 Å². The Bertz CT molecular complexity index is 1220. The summed E-state index contributed by atoms with van der Waals surface area (Å²) < 4.78 is 22.3. The normalized spacial score (nSPS) is 17.7. The summed E-state index contributed by atoms with van der Waals surface area (Å²) in [6.45, 7) is 9.36. The molecule has 2 heterocycles. The van der Waals surface area contributed by atoms with E-state index in [1.54, 1.807) is 30.5 Å². The van der Waals surface area contributed by atoms with Gasteiger partial charge in [0.1, 0.15) is 22.5 Å². The molecule has 0 spiro atoms. The van der Waals surface area contributed by atoms with E-state index in [9.17, 15) is 4.79 Å². The molecule has 0 unspecified atom stereocenters. The zero-order valence-corrected chi connectivity index (χ0v) is 21.7. The van der Waals surface area contributed by atoms with Crippen LogP contribution in [0.4, 0.5) is 0 Å². The number of pyridine rings is 1. The van der Waals surface area contributed by atoms with E-state index in [1.165, 1.54) is 0 Å². The molecule has 1 aromatic carbocycles. The molecule has 0 radical (unpaired) electrons. The third-order valence-corrected chi connectivity index (χ3v) is 5.73. The lowest BCUT2D eigenvalue weighted by Gasteiger charge is -2.35. The van der Waals surface area contributed by atoms with Crippen molar-refractivity contribution in [3.8, 4) is 34.5 Å². The van der Waals surface area contributed by atoms with E-state index in [4.69, 9.17) is 41.9 Å². The second-order valence-electron chi connectivity index (χ2n) is 9.68. The number of hydrogen-bond acceptors (Lipinski definition) is 8. The van der Waals surface area contributed by atoms with Gasteiger partial charge >= 0.3 is 5.97 Å². The van der Waals surface area contributed by atoms with Crippen molar-refractivity contribution in [2.75, 3.05) is 0 Å². The Balaban J connectivity index is 1.39. The van der Waals surface area contributed by atoms with Crippen LogP contribution in [0.25, 0.3) is 22.8 Å². The molecule has 1 fully saturated rings. The molecule has 0 N–H and O–H groups in total. The number of rotatable bonds is 7. The number of aromatic nitrogens is 3. The largest absolute Gasteiger partial charge is 0.490 e. The Morgan fingerprint density at radius 1 is 1.14 bits per heavy atom. The van der Waals surface area contributed by atoms with Crippen LogP contribution in [-0.2, 0) is 9.53 Å². The van der Waals surface area contributed by atoms with Gasteiger partial charge in [0.2, 0.25) is 11.7 Å². The predicted molar refractivity (Wildman–Crippen MR) is 132 cm³/mol. The molecular weight excluding hydrogens is 493 g/mol. The van der Waals surface area contributed by atoms with Gasteiger partial charge in [-0.25, -0.2) is 4.98 Å². The van der Waals surface area contributed by atoms with Crippen LogP contribution in [0.3, 0.4) is 0 Å². The Labute approximate surface area is 213 Å². The molecule has 35 heavy (non-hydrogen) atoms. The lowest BCUT2D eigenvalue weighted by Crippen LogP contribution is -2.41. The highest BCUT2D eigenvalue weighted by molar-refractivity contribution is 6.33. The van der Waals surface area contributed by atoms with Gasteiger partial charge in [0.05, 0.1) is 22.6 Å². The van der Waals surface area contributed by atoms with E-state index in [2.05, 4.69) is 15.1 Å². The fourth-order valence-electron chi connectivity index (χ4n) is 3.48. The van der Waals surface area contributed by atoms with Crippen LogP contribution in [0.2, 0.25) is 10.0 Å². The summed E-state index contributed by atoms with van der Waals surface area (Å²) in [4.78, 5) is 20.8. The first-order valence-corrected chi connectivity index (χ1v) is 12.1. The summed E-state index contributed by atoms with van der Waals surface area (Å²) in [5, 5.41) is 4.80. The minimum atomic E-state index is -0.490. The maximum atomic E-state index is 12.1. The van der Waals surface area contributed by atoms with Gasteiger partial charge in [-0.05, 0) is 71.7 Å². The van der Waals surface area contributed by atoms with Crippen LogP contribution in [0.5, 0.6) is 11.6 Å². The van der Waals surface area contributed by atoms with Crippen molar-refractivity contribution in [3.05, 3.63) is 40.5 Å². The van der Waals surface area contributed by atoms with Crippen LogP contribution >= 0.6 is 23.2 Å². The Kier molecular flexibility index (Phi) is 7.24. The van der Waals surface area contributed by atoms with Crippen LogP contribution in [0.1, 0.15) is 47.5 Å². The molecule has 186 valence electrons. The predicted octanol–water partition coefficient (Wildman–Crippen LogP) is 6.39. The summed E-state index contributed by atoms with van der Waals surface area (Å²) in [7, 11) is 0. The molecular formula is C25H27Cl2N3O5. The van der Waals surface area contributed by atoms with Crippen molar-refractivity contribution in [1.82, 2.24) is 15.1 Å². The molecule has 1 aliphatic rings. The van der Waals surface area contributed by atoms with Crippen molar-refractivity contribution in [2.45, 2.75) is 65.3 Å². The smallest absolute Gasteiger partial charge is 0.309 e. The molecule has 1 aliphatic carbocycles. The van der Waals surface area contributed by atoms with Crippen molar-refractivity contribution >= 4 is 29.2 Å². The van der Waals surface area contributed by atoms with Gasteiger partial charge in [0.15, 0.2) is 0 Å². The van der Waals surface area contributed by atoms with Crippen LogP contribution in [0, 0.1) is 5.92 Å². The number of benzene rings is 1. The summed E-state index contributed by atoms with van der Waals surface area (Å²) in [6, 6.07) is 6.91. The highest BCUT2D eigenvalue weighted by Crippen LogP contribution is 2.36. The van der Waals surface area contributed by atoms with Gasteiger partial charge in [-0.2, -0.15) is 4.98 Å². The third-order valence-electron chi connectivity index (χ3n) is 5.15. The first kappa shape index (κ1) is 25.3. The Morgan fingerprint density at radius 3 is 2.51 bits per heavy atom. The molecule has 0 amide bonds. The quantitative estimate of drug-likeness (QED) is 0.331. The fourth-order valence-corrected chi connectivity index (χ4v) is 3.95. The zero-order valence-electron chi connectivity index (χ0n) is 20.2. The van der Waals surface area contributed by atoms with E-state index in [0.717, 1.165) is 0 Å². The number of esters is 1. The number of carbonyl (C=O) groups is 1. The second kappa shape index (κ2) is 10.0. The maximum Gasteiger partial charge on any atom is 0.309 e. The number of nitrogens with zero attached hydrogens (tertiary/aromatic N) is 3. The Hall–Kier alpha value is -2.84. The summed E-state index contributed by atoms with van der Waals surface area (Å²) in [6.07, 6.45) is 2.67.